The lowest BCUT2D eigenvalue weighted by molar-refractivity contribution is -0.140. The summed E-state index contributed by atoms with van der Waals surface area (Å²) in [5.41, 5.74) is 2.95. The van der Waals surface area contributed by atoms with Gasteiger partial charge >= 0.3 is 0 Å². The van der Waals surface area contributed by atoms with E-state index in [0.717, 1.165) is 47.5 Å². The highest BCUT2D eigenvalue weighted by Crippen LogP contribution is 2.27. The van der Waals surface area contributed by atoms with Crippen LogP contribution in [0.5, 0.6) is 0 Å². The first kappa shape index (κ1) is 33.2. The van der Waals surface area contributed by atoms with Gasteiger partial charge in [-0.2, -0.15) is 0 Å². The molecule has 0 aromatic heterocycles. The first-order valence-corrected chi connectivity index (χ1v) is 17.6. The largest absolute Gasteiger partial charge is 0.352 e. The van der Waals surface area contributed by atoms with Gasteiger partial charge in [-0.05, 0) is 66.3 Å². The Balaban J connectivity index is 1.56. The van der Waals surface area contributed by atoms with E-state index in [1.165, 1.54) is 17.0 Å². The highest BCUT2D eigenvalue weighted by atomic mass is 35.5. The van der Waals surface area contributed by atoms with Crippen molar-refractivity contribution in [3.8, 4) is 0 Å². The van der Waals surface area contributed by atoms with Crippen LogP contribution in [0, 0.1) is 0 Å². The molecule has 2 amide bonds. The van der Waals surface area contributed by atoms with Crippen molar-refractivity contribution in [1.29, 1.82) is 0 Å². The minimum Gasteiger partial charge on any atom is -0.352 e. The van der Waals surface area contributed by atoms with Crippen LogP contribution in [0.1, 0.15) is 49.3 Å². The van der Waals surface area contributed by atoms with E-state index in [-0.39, 0.29) is 29.8 Å². The van der Waals surface area contributed by atoms with Gasteiger partial charge in [0.15, 0.2) is 0 Å². The lowest BCUT2D eigenvalue weighted by atomic mass is 10.0. The van der Waals surface area contributed by atoms with Crippen molar-refractivity contribution in [2.24, 2.45) is 0 Å². The van der Waals surface area contributed by atoms with Crippen LogP contribution in [-0.2, 0) is 39.0 Å². The number of amides is 2. The van der Waals surface area contributed by atoms with Gasteiger partial charge in [0.05, 0.1) is 10.6 Å². The van der Waals surface area contributed by atoms with Gasteiger partial charge in [-0.3, -0.25) is 13.9 Å². The third kappa shape index (κ3) is 8.17. The average molecular weight is 658 g/mol. The molecule has 0 aliphatic heterocycles. The Morgan fingerprint density at radius 1 is 0.826 bits per heavy atom. The number of halogens is 1. The third-order valence-electron chi connectivity index (χ3n) is 8.51. The predicted octanol–water partition coefficient (Wildman–Crippen LogP) is 6.80. The lowest BCUT2D eigenvalue weighted by Crippen LogP contribution is -2.54. The molecular weight excluding hydrogens is 618 g/mol. The van der Waals surface area contributed by atoms with Crippen LogP contribution < -0.4 is 9.62 Å². The van der Waals surface area contributed by atoms with Crippen LogP contribution in [0.2, 0.25) is 5.02 Å². The van der Waals surface area contributed by atoms with Gasteiger partial charge in [0.1, 0.15) is 12.6 Å². The number of hydrogen-bond donors (Lipinski definition) is 1. The molecule has 4 aromatic carbocycles. The fourth-order valence-electron chi connectivity index (χ4n) is 5.88. The second-order valence-corrected chi connectivity index (χ2v) is 13.9. The number of aryl methyl sites for hydroxylation is 1. The number of sulfonamides is 1. The molecule has 0 bridgehead atoms. The van der Waals surface area contributed by atoms with Crippen LogP contribution in [0.3, 0.4) is 0 Å². The summed E-state index contributed by atoms with van der Waals surface area (Å²) in [6.07, 6.45) is 4.90. The molecule has 0 heterocycles. The molecule has 46 heavy (non-hydrogen) atoms. The van der Waals surface area contributed by atoms with E-state index in [0.29, 0.717) is 16.3 Å². The second kappa shape index (κ2) is 15.4. The Labute approximate surface area is 277 Å². The number of anilines is 1. The van der Waals surface area contributed by atoms with Crippen LogP contribution in [0.15, 0.2) is 114 Å². The Morgan fingerprint density at radius 3 is 2.07 bits per heavy atom. The predicted molar refractivity (Wildman–Crippen MR) is 183 cm³/mol. The molecule has 240 valence electrons. The number of benzene rings is 4. The summed E-state index contributed by atoms with van der Waals surface area (Å²) in [4.78, 5) is 30.3. The van der Waals surface area contributed by atoms with Crippen molar-refractivity contribution in [3.05, 3.63) is 131 Å². The minimum atomic E-state index is -4.15. The number of hydrogen-bond acceptors (Lipinski definition) is 4. The van der Waals surface area contributed by atoms with E-state index >= 15 is 0 Å². The average Bonchev–Trinajstić information content (AvgIpc) is 3.60. The van der Waals surface area contributed by atoms with E-state index < -0.39 is 28.5 Å². The summed E-state index contributed by atoms with van der Waals surface area (Å²) in [6, 6.07) is 31.1. The molecule has 1 atom stereocenters. The van der Waals surface area contributed by atoms with Crippen LogP contribution in [-0.4, -0.2) is 43.8 Å². The topological polar surface area (TPSA) is 86.8 Å². The third-order valence-corrected chi connectivity index (χ3v) is 10.7. The van der Waals surface area contributed by atoms with Crippen molar-refractivity contribution < 1.29 is 18.0 Å². The molecular formula is C37H40ClN3O4S. The fourth-order valence-corrected chi connectivity index (χ4v) is 7.51. The summed E-state index contributed by atoms with van der Waals surface area (Å²) in [5.74, 6) is -0.776. The summed E-state index contributed by atoms with van der Waals surface area (Å²) in [7, 11) is -4.15. The van der Waals surface area contributed by atoms with E-state index in [9.17, 15) is 18.0 Å². The molecule has 7 nitrogen and oxygen atoms in total. The number of rotatable bonds is 13. The molecule has 1 aliphatic carbocycles. The molecule has 1 unspecified atom stereocenters. The zero-order valence-corrected chi connectivity index (χ0v) is 27.6. The first-order valence-electron chi connectivity index (χ1n) is 15.8. The molecule has 1 N–H and O–H groups in total. The van der Waals surface area contributed by atoms with Gasteiger partial charge in [-0.25, -0.2) is 8.42 Å². The SMILES string of the molecule is CCc1ccc(N(CC(=O)N(Cc2ccccc2Cl)C(Cc2ccccc2)C(=O)NC2CCCC2)S(=O)(=O)c2ccccc2)cc1. The van der Waals surface area contributed by atoms with Crippen LogP contribution in [0.25, 0.3) is 0 Å². The van der Waals surface area contributed by atoms with E-state index in [2.05, 4.69) is 5.32 Å². The van der Waals surface area contributed by atoms with Crippen LogP contribution >= 0.6 is 11.6 Å². The summed E-state index contributed by atoms with van der Waals surface area (Å²) in [6.45, 7) is 1.55. The Hall–Kier alpha value is -4.14. The summed E-state index contributed by atoms with van der Waals surface area (Å²) >= 11 is 6.59. The van der Waals surface area contributed by atoms with E-state index in [4.69, 9.17) is 11.6 Å². The fraction of sp³-hybridized carbons (Fsp3) is 0.297. The molecule has 1 fully saturated rings. The van der Waals surface area contributed by atoms with Gasteiger partial charge in [-0.15, -0.1) is 0 Å². The van der Waals surface area contributed by atoms with Crippen molar-refractivity contribution in [2.75, 3.05) is 10.8 Å². The van der Waals surface area contributed by atoms with Gasteiger partial charge in [-0.1, -0.05) is 110 Å². The number of nitrogens with one attached hydrogen (secondary N) is 1. The van der Waals surface area contributed by atoms with Crippen LogP contribution in [0.4, 0.5) is 5.69 Å². The maximum absolute atomic E-state index is 14.6. The Bertz CT molecular complexity index is 1710. The van der Waals surface area contributed by atoms with Crippen molar-refractivity contribution in [1.82, 2.24) is 10.2 Å². The van der Waals surface area contributed by atoms with Gasteiger partial charge < -0.3 is 10.2 Å². The number of nitrogens with zero attached hydrogens (tertiary/aromatic N) is 2. The maximum atomic E-state index is 14.6. The van der Waals surface area contributed by atoms with E-state index in [1.54, 1.807) is 42.5 Å². The van der Waals surface area contributed by atoms with Gasteiger partial charge in [0.25, 0.3) is 10.0 Å². The van der Waals surface area contributed by atoms with Crippen molar-refractivity contribution in [3.63, 3.8) is 0 Å². The zero-order chi connectivity index (χ0) is 32.5. The molecule has 4 aromatic rings. The Morgan fingerprint density at radius 2 is 1.43 bits per heavy atom. The lowest BCUT2D eigenvalue weighted by Gasteiger charge is -2.34. The minimum absolute atomic E-state index is 0.0299. The van der Waals surface area contributed by atoms with Gasteiger partial charge in [0, 0.05) is 24.0 Å². The highest BCUT2D eigenvalue weighted by Gasteiger charge is 2.35. The molecule has 0 saturated heterocycles. The Kier molecular flexibility index (Phi) is 11.1. The second-order valence-electron chi connectivity index (χ2n) is 11.7. The van der Waals surface area contributed by atoms with Gasteiger partial charge in [0.2, 0.25) is 11.8 Å². The molecule has 5 rings (SSSR count). The number of carbonyl (C=O) groups is 2. The highest BCUT2D eigenvalue weighted by molar-refractivity contribution is 7.92. The van der Waals surface area contributed by atoms with Crippen molar-refractivity contribution >= 4 is 39.1 Å². The zero-order valence-electron chi connectivity index (χ0n) is 26.0. The normalized spacial score (nSPS) is 14.0. The van der Waals surface area contributed by atoms with Crippen molar-refractivity contribution in [2.45, 2.75) is 69.0 Å². The molecule has 0 radical (unpaired) electrons. The standard InChI is InChI=1S/C37H40ClN3O4S/c1-2-28-21-23-32(24-22-28)41(46(44,45)33-18-7-4-8-19-33)27-36(42)40(26-30-15-9-12-20-34(30)38)35(25-29-13-5-3-6-14-29)37(43)39-31-16-10-11-17-31/h3-9,12-15,18-24,31,35H,2,10-11,16-17,25-27H2,1H3,(H,39,43). The quantitative estimate of drug-likeness (QED) is 0.171. The maximum Gasteiger partial charge on any atom is 0.264 e. The number of carbonyl (C=O) groups excluding carboxylic acids is 2. The summed E-state index contributed by atoms with van der Waals surface area (Å²) in [5, 5.41) is 3.65. The smallest absolute Gasteiger partial charge is 0.264 e. The molecule has 1 aliphatic rings. The molecule has 9 heteroatoms. The summed E-state index contributed by atoms with van der Waals surface area (Å²) < 4.78 is 29.4. The first-order chi connectivity index (χ1) is 22.3. The van der Waals surface area contributed by atoms with E-state index in [1.807, 2.05) is 61.5 Å². The molecule has 0 spiro atoms. The molecule has 1 saturated carbocycles. The monoisotopic (exact) mass is 657 g/mol.